The topological polar surface area (TPSA) is 67.8 Å². The maximum absolute atomic E-state index is 12.2. The summed E-state index contributed by atoms with van der Waals surface area (Å²) in [7, 11) is 3.30. The molecule has 3 rings (SSSR count). The standard InChI is InChI=1S/C17H26N4O3/c1-23-11-10-20-12-17(6-4-14(20)22)5-3-9-21(13-17)15-16(24-2)19-8-7-18-15/h7-8H,3-6,9-13H2,1-2H3. The lowest BCUT2D eigenvalue weighted by molar-refractivity contribution is -0.138. The highest BCUT2D eigenvalue weighted by molar-refractivity contribution is 5.77. The van der Waals surface area contributed by atoms with E-state index in [0.717, 1.165) is 44.7 Å². The second kappa shape index (κ2) is 7.34. The molecule has 1 spiro atoms. The Bertz CT molecular complexity index is 583. The van der Waals surface area contributed by atoms with Gasteiger partial charge in [0.2, 0.25) is 5.91 Å². The molecule has 0 aliphatic carbocycles. The van der Waals surface area contributed by atoms with Gasteiger partial charge in [0.1, 0.15) is 0 Å². The highest BCUT2D eigenvalue weighted by Gasteiger charge is 2.42. The summed E-state index contributed by atoms with van der Waals surface area (Å²) < 4.78 is 10.5. The Balaban J connectivity index is 1.75. The zero-order valence-corrected chi connectivity index (χ0v) is 14.5. The zero-order valence-electron chi connectivity index (χ0n) is 14.5. The number of hydrogen-bond acceptors (Lipinski definition) is 6. The molecule has 7 heteroatoms. The number of ether oxygens (including phenoxy) is 2. The van der Waals surface area contributed by atoms with E-state index in [1.54, 1.807) is 26.6 Å². The van der Waals surface area contributed by atoms with Crippen molar-refractivity contribution in [1.82, 2.24) is 14.9 Å². The maximum Gasteiger partial charge on any atom is 0.257 e. The zero-order chi connectivity index (χ0) is 17.0. The summed E-state index contributed by atoms with van der Waals surface area (Å²) in [5, 5.41) is 0. The van der Waals surface area contributed by atoms with Crippen molar-refractivity contribution in [2.45, 2.75) is 25.7 Å². The third-order valence-corrected chi connectivity index (χ3v) is 5.11. The highest BCUT2D eigenvalue weighted by Crippen LogP contribution is 2.40. The summed E-state index contributed by atoms with van der Waals surface area (Å²) in [4.78, 5) is 25.2. The minimum Gasteiger partial charge on any atom is -0.478 e. The van der Waals surface area contributed by atoms with Crippen LogP contribution >= 0.6 is 0 Å². The summed E-state index contributed by atoms with van der Waals surface area (Å²) in [6.45, 7) is 3.89. The summed E-state index contributed by atoms with van der Waals surface area (Å²) in [6.07, 6.45) is 7.14. The monoisotopic (exact) mass is 334 g/mol. The molecule has 0 radical (unpaired) electrons. The molecule has 1 atom stereocenters. The molecule has 2 saturated heterocycles. The molecule has 0 saturated carbocycles. The van der Waals surface area contributed by atoms with Crippen molar-refractivity contribution in [3.8, 4) is 5.88 Å². The van der Waals surface area contributed by atoms with Crippen LogP contribution in [0.1, 0.15) is 25.7 Å². The highest BCUT2D eigenvalue weighted by atomic mass is 16.5. The minimum atomic E-state index is 0.127. The van der Waals surface area contributed by atoms with Gasteiger partial charge in [0.15, 0.2) is 5.82 Å². The predicted octanol–water partition coefficient (Wildman–Crippen LogP) is 1.34. The maximum atomic E-state index is 12.2. The van der Waals surface area contributed by atoms with E-state index in [9.17, 15) is 4.79 Å². The van der Waals surface area contributed by atoms with Crippen LogP contribution < -0.4 is 9.64 Å². The predicted molar refractivity (Wildman–Crippen MR) is 90.2 cm³/mol. The summed E-state index contributed by atoms with van der Waals surface area (Å²) in [5.41, 5.74) is 0.127. The quantitative estimate of drug-likeness (QED) is 0.809. The van der Waals surface area contributed by atoms with Crippen LogP contribution in [0, 0.1) is 5.41 Å². The van der Waals surface area contributed by atoms with Crippen molar-refractivity contribution in [1.29, 1.82) is 0 Å². The van der Waals surface area contributed by atoms with Gasteiger partial charge in [-0.3, -0.25) is 4.79 Å². The van der Waals surface area contributed by atoms with Gasteiger partial charge in [-0.2, -0.15) is 0 Å². The van der Waals surface area contributed by atoms with Crippen molar-refractivity contribution in [2.75, 3.05) is 51.9 Å². The summed E-state index contributed by atoms with van der Waals surface area (Å²) in [6, 6.07) is 0. The third-order valence-electron chi connectivity index (χ3n) is 5.11. The molecule has 2 aliphatic rings. The van der Waals surface area contributed by atoms with Crippen LogP contribution in [0.5, 0.6) is 5.88 Å². The number of methoxy groups -OCH3 is 2. The molecule has 0 bridgehead atoms. The second-order valence-corrected chi connectivity index (χ2v) is 6.72. The molecule has 1 aromatic heterocycles. The number of nitrogens with zero attached hydrogens (tertiary/aromatic N) is 4. The number of hydrogen-bond donors (Lipinski definition) is 0. The van der Waals surface area contributed by atoms with Crippen LogP contribution in [-0.4, -0.2) is 67.8 Å². The Morgan fingerprint density at radius 3 is 2.83 bits per heavy atom. The summed E-state index contributed by atoms with van der Waals surface area (Å²) >= 11 is 0. The van der Waals surface area contributed by atoms with Crippen molar-refractivity contribution in [3.63, 3.8) is 0 Å². The number of carbonyl (C=O) groups is 1. The summed E-state index contributed by atoms with van der Waals surface area (Å²) in [5.74, 6) is 1.61. The van der Waals surface area contributed by atoms with Gasteiger partial charge in [-0.15, -0.1) is 0 Å². The first-order valence-corrected chi connectivity index (χ1v) is 8.54. The van der Waals surface area contributed by atoms with Crippen LogP contribution in [-0.2, 0) is 9.53 Å². The fourth-order valence-corrected chi connectivity index (χ4v) is 3.91. The van der Waals surface area contributed by atoms with E-state index in [1.807, 2.05) is 4.90 Å². The van der Waals surface area contributed by atoms with Gasteiger partial charge in [0.05, 0.1) is 13.7 Å². The number of anilines is 1. The van der Waals surface area contributed by atoms with Gasteiger partial charge in [0, 0.05) is 57.5 Å². The molecule has 1 amide bonds. The van der Waals surface area contributed by atoms with E-state index in [-0.39, 0.29) is 11.3 Å². The van der Waals surface area contributed by atoms with E-state index < -0.39 is 0 Å². The Morgan fingerprint density at radius 1 is 1.21 bits per heavy atom. The number of aromatic nitrogens is 2. The average molecular weight is 334 g/mol. The van der Waals surface area contributed by atoms with Crippen molar-refractivity contribution < 1.29 is 14.3 Å². The molecule has 2 aliphatic heterocycles. The van der Waals surface area contributed by atoms with Crippen LogP contribution in [0.3, 0.4) is 0 Å². The van der Waals surface area contributed by atoms with Gasteiger partial charge >= 0.3 is 0 Å². The normalized spacial score (nSPS) is 24.5. The molecule has 0 aromatic carbocycles. The minimum absolute atomic E-state index is 0.127. The number of rotatable bonds is 5. The largest absolute Gasteiger partial charge is 0.478 e. The fourth-order valence-electron chi connectivity index (χ4n) is 3.91. The van der Waals surface area contributed by atoms with Crippen molar-refractivity contribution in [2.24, 2.45) is 5.41 Å². The van der Waals surface area contributed by atoms with Gasteiger partial charge in [-0.1, -0.05) is 0 Å². The number of piperidine rings is 2. The molecule has 1 unspecified atom stereocenters. The SMILES string of the molecule is COCCN1CC2(CCCN(c3nccnc3OC)C2)CCC1=O. The van der Waals surface area contributed by atoms with E-state index >= 15 is 0 Å². The van der Waals surface area contributed by atoms with Gasteiger partial charge in [-0.05, 0) is 19.3 Å². The van der Waals surface area contributed by atoms with Crippen molar-refractivity contribution in [3.05, 3.63) is 12.4 Å². The Hall–Kier alpha value is -1.89. The van der Waals surface area contributed by atoms with Crippen LogP contribution in [0.15, 0.2) is 12.4 Å². The Kier molecular flexibility index (Phi) is 5.18. The first kappa shape index (κ1) is 17.0. The third kappa shape index (κ3) is 3.45. The van der Waals surface area contributed by atoms with E-state index in [4.69, 9.17) is 9.47 Å². The lowest BCUT2D eigenvalue weighted by Crippen LogP contribution is -2.54. The molecule has 1 aromatic rings. The fraction of sp³-hybridized carbons (Fsp3) is 0.706. The van der Waals surface area contributed by atoms with Crippen LogP contribution in [0.2, 0.25) is 0 Å². The van der Waals surface area contributed by atoms with Crippen LogP contribution in [0.4, 0.5) is 5.82 Å². The lowest BCUT2D eigenvalue weighted by atomic mass is 9.73. The molecule has 3 heterocycles. The molecule has 24 heavy (non-hydrogen) atoms. The number of amides is 1. The lowest BCUT2D eigenvalue weighted by Gasteiger charge is -2.48. The Labute approximate surface area is 143 Å². The van der Waals surface area contributed by atoms with Crippen LogP contribution in [0.25, 0.3) is 0 Å². The van der Waals surface area contributed by atoms with Gasteiger partial charge < -0.3 is 19.3 Å². The second-order valence-electron chi connectivity index (χ2n) is 6.72. The molecular weight excluding hydrogens is 308 g/mol. The van der Waals surface area contributed by atoms with E-state index in [1.165, 1.54) is 0 Å². The first-order valence-electron chi connectivity index (χ1n) is 8.54. The van der Waals surface area contributed by atoms with Gasteiger partial charge in [0.25, 0.3) is 5.88 Å². The van der Waals surface area contributed by atoms with Gasteiger partial charge in [-0.25, -0.2) is 9.97 Å². The molecule has 132 valence electrons. The molecular formula is C17H26N4O3. The Morgan fingerprint density at radius 2 is 2.04 bits per heavy atom. The average Bonchev–Trinajstić information content (AvgIpc) is 2.63. The first-order chi connectivity index (χ1) is 11.7. The van der Waals surface area contributed by atoms with E-state index in [0.29, 0.717) is 25.5 Å². The van der Waals surface area contributed by atoms with E-state index in [2.05, 4.69) is 14.9 Å². The smallest absolute Gasteiger partial charge is 0.257 e. The molecule has 2 fully saturated rings. The molecule has 7 nitrogen and oxygen atoms in total. The number of likely N-dealkylation sites (tertiary alicyclic amines) is 1. The molecule has 0 N–H and O–H groups in total. The number of carbonyl (C=O) groups excluding carboxylic acids is 1. The van der Waals surface area contributed by atoms with Crippen molar-refractivity contribution >= 4 is 11.7 Å².